The zero-order chi connectivity index (χ0) is 14.0. The van der Waals surface area contributed by atoms with Crippen LogP contribution in [0.25, 0.3) is 0 Å². The van der Waals surface area contributed by atoms with Gasteiger partial charge in [0, 0.05) is 12.1 Å². The van der Waals surface area contributed by atoms with E-state index >= 15 is 0 Å². The quantitative estimate of drug-likeness (QED) is 0.862. The molecule has 1 aromatic carbocycles. The van der Waals surface area contributed by atoms with Crippen LogP contribution in [-0.4, -0.2) is 16.6 Å². The molecule has 2 N–H and O–H groups in total. The molecule has 1 saturated carbocycles. The van der Waals surface area contributed by atoms with Gasteiger partial charge in [-0.15, -0.1) is 0 Å². The summed E-state index contributed by atoms with van der Waals surface area (Å²) < 4.78 is 24.7. The standard InChI is InChI=1S/C14H17F2NO2/c1-14(19,11-6-7-11)13(18)17-8-9-2-4-10(5-3-9)12(15)16/h2-5,11-12,19H,6-8H2,1H3,(H,17,18). The van der Waals surface area contributed by atoms with Gasteiger partial charge in [-0.25, -0.2) is 8.78 Å². The maximum absolute atomic E-state index is 12.4. The second kappa shape index (κ2) is 5.25. The van der Waals surface area contributed by atoms with Crippen molar-refractivity contribution in [2.75, 3.05) is 0 Å². The number of alkyl halides is 2. The van der Waals surface area contributed by atoms with Crippen LogP contribution in [0.2, 0.25) is 0 Å². The molecule has 3 nitrogen and oxygen atoms in total. The van der Waals surface area contributed by atoms with Crippen molar-refractivity contribution in [3.8, 4) is 0 Å². The first-order valence-corrected chi connectivity index (χ1v) is 6.29. The minimum atomic E-state index is -2.49. The van der Waals surface area contributed by atoms with E-state index in [2.05, 4.69) is 5.32 Å². The van der Waals surface area contributed by atoms with Crippen LogP contribution in [0, 0.1) is 5.92 Å². The first kappa shape index (κ1) is 13.9. The smallest absolute Gasteiger partial charge is 0.263 e. The van der Waals surface area contributed by atoms with E-state index in [0.717, 1.165) is 18.4 Å². The summed E-state index contributed by atoms with van der Waals surface area (Å²) >= 11 is 0. The van der Waals surface area contributed by atoms with Crippen molar-refractivity contribution in [1.82, 2.24) is 5.32 Å². The van der Waals surface area contributed by atoms with Gasteiger partial charge < -0.3 is 10.4 Å². The Morgan fingerprint density at radius 1 is 1.42 bits per heavy atom. The lowest BCUT2D eigenvalue weighted by molar-refractivity contribution is -0.140. The molecule has 0 saturated heterocycles. The molecule has 0 aromatic heterocycles. The lowest BCUT2D eigenvalue weighted by Gasteiger charge is -2.21. The number of nitrogens with one attached hydrogen (secondary N) is 1. The molecule has 1 amide bonds. The number of carbonyl (C=O) groups is 1. The second-order valence-corrected chi connectivity index (χ2v) is 5.15. The third kappa shape index (κ3) is 3.29. The van der Waals surface area contributed by atoms with Crippen LogP contribution in [0.3, 0.4) is 0 Å². The normalized spacial score (nSPS) is 18.2. The van der Waals surface area contributed by atoms with Crippen molar-refractivity contribution in [3.05, 3.63) is 35.4 Å². The van der Waals surface area contributed by atoms with Gasteiger partial charge in [0.25, 0.3) is 12.3 Å². The average Bonchev–Trinajstić information content (AvgIpc) is 3.20. The Morgan fingerprint density at radius 3 is 2.47 bits per heavy atom. The van der Waals surface area contributed by atoms with Crippen LogP contribution >= 0.6 is 0 Å². The summed E-state index contributed by atoms with van der Waals surface area (Å²) in [4.78, 5) is 11.8. The molecule has 1 aliphatic carbocycles. The molecule has 0 heterocycles. The summed E-state index contributed by atoms with van der Waals surface area (Å²) in [6, 6.07) is 5.78. The van der Waals surface area contributed by atoms with Crippen LogP contribution < -0.4 is 5.32 Å². The van der Waals surface area contributed by atoms with E-state index in [9.17, 15) is 18.7 Å². The molecular formula is C14H17F2NO2. The number of carbonyl (C=O) groups excluding carboxylic acids is 1. The fraction of sp³-hybridized carbons (Fsp3) is 0.500. The van der Waals surface area contributed by atoms with Gasteiger partial charge in [-0.3, -0.25) is 4.79 Å². The molecule has 0 spiro atoms. The van der Waals surface area contributed by atoms with E-state index in [1.165, 1.54) is 19.1 Å². The lowest BCUT2D eigenvalue weighted by Crippen LogP contribution is -2.45. The van der Waals surface area contributed by atoms with E-state index in [0.29, 0.717) is 0 Å². The predicted molar refractivity (Wildman–Crippen MR) is 66.6 cm³/mol. The number of aliphatic hydroxyl groups is 1. The maximum atomic E-state index is 12.4. The molecule has 5 heteroatoms. The van der Waals surface area contributed by atoms with Crippen molar-refractivity contribution >= 4 is 5.91 Å². The Kier molecular flexibility index (Phi) is 3.85. The zero-order valence-electron chi connectivity index (χ0n) is 10.7. The van der Waals surface area contributed by atoms with Gasteiger partial charge in [0.1, 0.15) is 5.60 Å². The van der Waals surface area contributed by atoms with Gasteiger partial charge in [-0.1, -0.05) is 24.3 Å². The van der Waals surface area contributed by atoms with E-state index in [1.807, 2.05) is 0 Å². The van der Waals surface area contributed by atoms with Crippen LogP contribution in [-0.2, 0) is 11.3 Å². The Morgan fingerprint density at radius 2 is 2.00 bits per heavy atom. The van der Waals surface area contributed by atoms with Crippen molar-refractivity contribution in [2.24, 2.45) is 5.92 Å². The Labute approximate surface area is 110 Å². The zero-order valence-corrected chi connectivity index (χ0v) is 10.7. The summed E-state index contributed by atoms with van der Waals surface area (Å²) in [5.41, 5.74) is -0.646. The highest BCUT2D eigenvalue weighted by atomic mass is 19.3. The summed E-state index contributed by atoms with van der Waals surface area (Å²) in [6.07, 6.45) is -0.758. The number of hydrogen-bond donors (Lipinski definition) is 2. The largest absolute Gasteiger partial charge is 0.380 e. The minimum Gasteiger partial charge on any atom is -0.380 e. The van der Waals surface area contributed by atoms with Crippen LogP contribution in [0.15, 0.2) is 24.3 Å². The highest BCUT2D eigenvalue weighted by molar-refractivity contribution is 5.85. The number of hydrogen-bond acceptors (Lipinski definition) is 2. The fourth-order valence-corrected chi connectivity index (χ4v) is 1.97. The lowest BCUT2D eigenvalue weighted by atomic mass is 9.99. The van der Waals surface area contributed by atoms with Gasteiger partial charge in [0.15, 0.2) is 0 Å². The molecule has 2 rings (SSSR count). The topological polar surface area (TPSA) is 49.3 Å². The van der Waals surface area contributed by atoms with Gasteiger partial charge in [-0.2, -0.15) is 0 Å². The Balaban J connectivity index is 1.89. The highest BCUT2D eigenvalue weighted by Crippen LogP contribution is 2.39. The first-order chi connectivity index (χ1) is 8.91. The first-order valence-electron chi connectivity index (χ1n) is 6.29. The summed E-state index contributed by atoms with van der Waals surface area (Å²) in [6.45, 7) is 1.74. The van der Waals surface area contributed by atoms with Gasteiger partial charge >= 0.3 is 0 Å². The molecule has 1 aliphatic rings. The van der Waals surface area contributed by atoms with E-state index in [1.54, 1.807) is 12.1 Å². The van der Waals surface area contributed by atoms with E-state index in [-0.39, 0.29) is 18.0 Å². The molecule has 1 fully saturated rings. The van der Waals surface area contributed by atoms with Gasteiger partial charge in [0.05, 0.1) is 0 Å². The highest BCUT2D eigenvalue weighted by Gasteiger charge is 2.45. The second-order valence-electron chi connectivity index (χ2n) is 5.15. The molecule has 0 aliphatic heterocycles. The predicted octanol–water partition coefficient (Wildman–Crippen LogP) is 2.40. The molecule has 19 heavy (non-hydrogen) atoms. The molecule has 1 unspecified atom stereocenters. The van der Waals surface area contributed by atoms with Crippen molar-refractivity contribution in [1.29, 1.82) is 0 Å². The summed E-state index contributed by atoms with van der Waals surface area (Å²) in [7, 11) is 0. The van der Waals surface area contributed by atoms with Crippen molar-refractivity contribution in [2.45, 2.75) is 38.3 Å². The van der Waals surface area contributed by atoms with Crippen molar-refractivity contribution < 1.29 is 18.7 Å². The summed E-state index contributed by atoms with van der Waals surface area (Å²) in [5.74, 6) is -0.373. The number of amides is 1. The van der Waals surface area contributed by atoms with Gasteiger partial charge in [-0.05, 0) is 31.2 Å². The molecular weight excluding hydrogens is 252 g/mol. The number of halogens is 2. The number of rotatable bonds is 5. The molecule has 0 radical (unpaired) electrons. The van der Waals surface area contributed by atoms with Crippen LogP contribution in [0.4, 0.5) is 8.78 Å². The monoisotopic (exact) mass is 269 g/mol. The molecule has 1 aromatic rings. The maximum Gasteiger partial charge on any atom is 0.263 e. The third-order valence-corrected chi connectivity index (χ3v) is 3.52. The minimum absolute atomic E-state index is 0.0358. The molecule has 104 valence electrons. The van der Waals surface area contributed by atoms with Crippen LogP contribution in [0.5, 0.6) is 0 Å². The Bertz CT molecular complexity index is 453. The average molecular weight is 269 g/mol. The molecule has 0 bridgehead atoms. The molecule has 1 atom stereocenters. The van der Waals surface area contributed by atoms with Gasteiger partial charge in [0.2, 0.25) is 0 Å². The number of benzene rings is 1. The van der Waals surface area contributed by atoms with E-state index < -0.39 is 17.9 Å². The SMILES string of the molecule is CC(O)(C(=O)NCc1ccc(C(F)F)cc1)C1CC1. The third-order valence-electron chi connectivity index (χ3n) is 3.52. The van der Waals surface area contributed by atoms with Crippen LogP contribution in [0.1, 0.15) is 37.3 Å². The summed E-state index contributed by atoms with van der Waals surface area (Å²) in [5, 5.41) is 12.6. The van der Waals surface area contributed by atoms with E-state index in [4.69, 9.17) is 0 Å². The Hall–Kier alpha value is -1.49. The van der Waals surface area contributed by atoms with Crippen molar-refractivity contribution in [3.63, 3.8) is 0 Å². The fourth-order valence-electron chi connectivity index (χ4n) is 1.97.